The Hall–Kier alpha value is -1.46. The van der Waals surface area contributed by atoms with Crippen molar-refractivity contribution < 1.29 is 9.47 Å². The zero-order chi connectivity index (χ0) is 18.1. The van der Waals surface area contributed by atoms with Gasteiger partial charge in [0.2, 0.25) is 0 Å². The number of ether oxygens (including phenoxy) is 2. The Morgan fingerprint density at radius 2 is 1.88 bits per heavy atom. The van der Waals surface area contributed by atoms with Crippen molar-refractivity contribution in [3.05, 3.63) is 57.6 Å². The van der Waals surface area contributed by atoms with Gasteiger partial charge in [-0.05, 0) is 44.8 Å². The number of rotatable bonds is 10. The molecule has 0 radical (unpaired) electrons. The molecule has 0 aromatic heterocycles. The highest BCUT2D eigenvalue weighted by Gasteiger charge is 2.12. The fourth-order valence-corrected chi connectivity index (χ4v) is 2.89. The highest BCUT2D eigenvalue weighted by Crippen LogP contribution is 2.32. The van der Waals surface area contributed by atoms with Gasteiger partial charge in [-0.1, -0.05) is 41.4 Å². The summed E-state index contributed by atoms with van der Waals surface area (Å²) in [5, 5.41) is 7.76. The zero-order valence-corrected chi connectivity index (χ0v) is 16.1. The maximum atomic E-state index is 6.23. The molecule has 0 saturated heterocycles. The molecule has 0 bridgehead atoms. The van der Waals surface area contributed by atoms with Crippen LogP contribution in [0.15, 0.2) is 36.4 Å². The van der Waals surface area contributed by atoms with Crippen LogP contribution in [-0.4, -0.2) is 27.2 Å². The lowest BCUT2D eigenvalue weighted by Gasteiger charge is -2.16. The second-order valence-electron chi connectivity index (χ2n) is 5.61. The summed E-state index contributed by atoms with van der Waals surface area (Å²) in [6.07, 6.45) is 1.07. The van der Waals surface area contributed by atoms with E-state index in [4.69, 9.17) is 32.7 Å². The first-order valence-electron chi connectivity index (χ1n) is 8.23. The molecular formula is C19H24Cl2N2O2. The molecule has 2 aromatic carbocycles. The molecule has 0 amide bonds. The SMILES string of the molecule is CNCCCNCc1cccc(OC)c1OCc1ccc(Cl)cc1Cl. The third kappa shape index (κ3) is 6.08. The molecule has 0 spiro atoms. The Morgan fingerprint density at radius 1 is 1.04 bits per heavy atom. The van der Waals surface area contributed by atoms with Crippen LogP contribution in [0.5, 0.6) is 11.5 Å². The van der Waals surface area contributed by atoms with Gasteiger partial charge in [-0.3, -0.25) is 0 Å². The summed E-state index contributed by atoms with van der Waals surface area (Å²) in [5.74, 6) is 1.44. The van der Waals surface area contributed by atoms with Crippen LogP contribution in [0, 0.1) is 0 Å². The van der Waals surface area contributed by atoms with Crippen molar-refractivity contribution >= 4 is 23.2 Å². The Bertz CT molecular complexity index is 680. The lowest BCUT2D eigenvalue weighted by Crippen LogP contribution is -2.19. The van der Waals surface area contributed by atoms with Crippen LogP contribution in [0.2, 0.25) is 10.0 Å². The van der Waals surface area contributed by atoms with Crippen molar-refractivity contribution in [1.29, 1.82) is 0 Å². The first-order valence-corrected chi connectivity index (χ1v) is 8.99. The number of para-hydroxylation sites is 1. The van der Waals surface area contributed by atoms with E-state index in [1.807, 2.05) is 31.3 Å². The third-order valence-electron chi connectivity index (χ3n) is 3.76. The van der Waals surface area contributed by atoms with Gasteiger partial charge in [0.05, 0.1) is 7.11 Å². The van der Waals surface area contributed by atoms with Crippen molar-refractivity contribution in [3.63, 3.8) is 0 Å². The van der Waals surface area contributed by atoms with Crippen molar-refractivity contribution in [2.24, 2.45) is 0 Å². The molecule has 0 saturated carbocycles. The highest BCUT2D eigenvalue weighted by molar-refractivity contribution is 6.35. The lowest BCUT2D eigenvalue weighted by molar-refractivity contribution is 0.280. The van der Waals surface area contributed by atoms with Crippen molar-refractivity contribution in [3.8, 4) is 11.5 Å². The lowest BCUT2D eigenvalue weighted by atomic mass is 10.1. The van der Waals surface area contributed by atoms with Gasteiger partial charge in [0, 0.05) is 27.7 Å². The first-order chi connectivity index (χ1) is 12.2. The molecule has 4 nitrogen and oxygen atoms in total. The van der Waals surface area contributed by atoms with Gasteiger partial charge in [-0.25, -0.2) is 0 Å². The smallest absolute Gasteiger partial charge is 0.166 e. The fourth-order valence-electron chi connectivity index (χ4n) is 2.43. The van der Waals surface area contributed by atoms with Crippen molar-refractivity contribution in [2.45, 2.75) is 19.6 Å². The number of nitrogens with one attached hydrogen (secondary N) is 2. The van der Waals surface area contributed by atoms with E-state index in [9.17, 15) is 0 Å². The maximum absolute atomic E-state index is 6.23. The van der Waals surface area contributed by atoms with Gasteiger partial charge < -0.3 is 20.1 Å². The van der Waals surface area contributed by atoms with E-state index >= 15 is 0 Å². The van der Waals surface area contributed by atoms with Crippen molar-refractivity contribution in [1.82, 2.24) is 10.6 Å². The predicted molar refractivity (Wildman–Crippen MR) is 104 cm³/mol. The van der Waals surface area contributed by atoms with Gasteiger partial charge in [-0.2, -0.15) is 0 Å². The van der Waals surface area contributed by atoms with Gasteiger partial charge >= 0.3 is 0 Å². The minimum absolute atomic E-state index is 0.350. The normalized spacial score (nSPS) is 10.7. The van der Waals surface area contributed by atoms with Crippen LogP contribution in [0.3, 0.4) is 0 Å². The number of methoxy groups -OCH3 is 1. The topological polar surface area (TPSA) is 42.5 Å². The summed E-state index contributed by atoms with van der Waals surface area (Å²) >= 11 is 12.2. The number of benzene rings is 2. The average Bonchev–Trinajstić information content (AvgIpc) is 2.61. The Morgan fingerprint density at radius 3 is 2.60 bits per heavy atom. The molecule has 6 heteroatoms. The molecular weight excluding hydrogens is 359 g/mol. The number of halogens is 2. The molecule has 0 aliphatic rings. The van der Waals surface area contributed by atoms with Gasteiger partial charge in [0.25, 0.3) is 0 Å². The van der Waals surface area contributed by atoms with Crippen LogP contribution in [0.1, 0.15) is 17.5 Å². The summed E-state index contributed by atoms with van der Waals surface area (Å²) in [7, 11) is 3.59. The van der Waals surface area contributed by atoms with Crippen LogP contribution >= 0.6 is 23.2 Å². The van der Waals surface area contributed by atoms with Gasteiger partial charge in [0.1, 0.15) is 6.61 Å². The summed E-state index contributed by atoms with van der Waals surface area (Å²) in [6, 6.07) is 11.3. The quantitative estimate of drug-likeness (QED) is 0.601. The zero-order valence-electron chi connectivity index (χ0n) is 14.6. The summed E-state index contributed by atoms with van der Waals surface area (Å²) < 4.78 is 11.5. The second kappa shape index (κ2) is 10.5. The predicted octanol–water partition coefficient (Wildman–Crippen LogP) is 4.28. The molecule has 0 aliphatic heterocycles. The molecule has 25 heavy (non-hydrogen) atoms. The maximum Gasteiger partial charge on any atom is 0.166 e. The van der Waals surface area contributed by atoms with E-state index in [0.717, 1.165) is 36.4 Å². The number of hydrogen-bond donors (Lipinski definition) is 2. The summed E-state index contributed by atoms with van der Waals surface area (Å²) in [4.78, 5) is 0. The minimum Gasteiger partial charge on any atom is -0.493 e. The van der Waals surface area contributed by atoms with E-state index in [2.05, 4.69) is 10.6 Å². The second-order valence-corrected chi connectivity index (χ2v) is 6.45. The molecule has 0 aliphatic carbocycles. The summed E-state index contributed by atoms with van der Waals surface area (Å²) in [5.41, 5.74) is 1.93. The molecule has 136 valence electrons. The molecule has 0 fully saturated rings. The summed E-state index contributed by atoms with van der Waals surface area (Å²) in [6.45, 7) is 2.98. The van der Waals surface area contributed by atoms with E-state index in [-0.39, 0.29) is 0 Å². The number of hydrogen-bond acceptors (Lipinski definition) is 4. The third-order valence-corrected chi connectivity index (χ3v) is 4.35. The van der Waals surface area contributed by atoms with Crippen LogP contribution < -0.4 is 20.1 Å². The molecule has 0 unspecified atom stereocenters. The largest absolute Gasteiger partial charge is 0.493 e. The van der Waals surface area contributed by atoms with E-state index < -0.39 is 0 Å². The molecule has 0 atom stereocenters. The first kappa shape index (κ1) is 19.9. The fraction of sp³-hybridized carbons (Fsp3) is 0.368. The minimum atomic E-state index is 0.350. The van der Waals surface area contributed by atoms with Crippen molar-refractivity contribution in [2.75, 3.05) is 27.2 Å². The van der Waals surface area contributed by atoms with Crippen LogP contribution in [0.25, 0.3) is 0 Å². The monoisotopic (exact) mass is 382 g/mol. The van der Waals surface area contributed by atoms with Crippen LogP contribution in [-0.2, 0) is 13.2 Å². The highest BCUT2D eigenvalue weighted by atomic mass is 35.5. The molecule has 2 aromatic rings. The van der Waals surface area contributed by atoms with Gasteiger partial charge in [-0.15, -0.1) is 0 Å². The average molecular weight is 383 g/mol. The van der Waals surface area contributed by atoms with E-state index in [1.54, 1.807) is 19.2 Å². The van der Waals surface area contributed by atoms with E-state index in [1.165, 1.54) is 0 Å². The Labute approximate surface area is 159 Å². The Balaban J connectivity index is 2.06. The molecule has 2 N–H and O–H groups in total. The standard InChI is InChI=1S/C19H24Cl2N2O2/c1-22-9-4-10-23-12-14-5-3-6-18(24-2)19(14)25-13-15-7-8-16(20)11-17(15)21/h3,5-8,11,22-23H,4,9-10,12-13H2,1-2H3. The van der Waals surface area contributed by atoms with Gasteiger partial charge in [0.15, 0.2) is 11.5 Å². The molecule has 2 rings (SSSR count). The molecule has 0 heterocycles. The Kier molecular flexibility index (Phi) is 8.35. The van der Waals surface area contributed by atoms with Crippen LogP contribution in [0.4, 0.5) is 0 Å². The van der Waals surface area contributed by atoms with E-state index in [0.29, 0.717) is 28.9 Å².